The first-order chi connectivity index (χ1) is 11.3. The number of aliphatic hydroxyl groups excluding tert-OH is 1. The Morgan fingerprint density at radius 1 is 1.00 bits per heavy atom. The van der Waals surface area contributed by atoms with Crippen LogP contribution in [0.4, 0.5) is 5.69 Å². The number of hydrogen-bond donors (Lipinski definition) is 1. The van der Waals surface area contributed by atoms with Crippen molar-refractivity contribution in [2.75, 3.05) is 44.7 Å². The van der Waals surface area contributed by atoms with Crippen LogP contribution < -0.4 is 9.64 Å². The van der Waals surface area contributed by atoms with E-state index in [-0.39, 0.29) is 0 Å². The largest absolute Gasteiger partial charge is 0.497 e. The molecule has 1 atom stereocenters. The van der Waals surface area contributed by atoms with Crippen LogP contribution in [0.25, 0.3) is 0 Å². The molecule has 0 bridgehead atoms. The van der Waals surface area contributed by atoms with Gasteiger partial charge in [-0.1, -0.05) is 36.4 Å². The van der Waals surface area contributed by atoms with Crippen molar-refractivity contribution >= 4 is 5.69 Å². The number of benzene rings is 2. The first kappa shape index (κ1) is 15.8. The Kier molecular flexibility index (Phi) is 5.16. The van der Waals surface area contributed by atoms with Gasteiger partial charge >= 0.3 is 0 Å². The molecule has 0 radical (unpaired) electrons. The molecular weight excluding hydrogens is 288 g/mol. The molecule has 4 nitrogen and oxygen atoms in total. The lowest BCUT2D eigenvalue weighted by atomic mass is 10.1. The molecule has 4 heteroatoms. The Labute approximate surface area is 137 Å². The Balaban J connectivity index is 1.54. The molecule has 1 fully saturated rings. The minimum absolute atomic E-state index is 0.417. The molecule has 1 aliphatic heterocycles. The smallest absolute Gasteiger partial charge is 0.120 e. The third-order valence-corrected chi connectivity index (χ3v) is 4.41. The van der Waals surface area contributed by atoms with Crippen LogP contribution in [0.1, 0.15) is 11.7 Å². The van der Waals surface area contributed by atoms with Crippen LogP contribution in [0, 0.1) is 0 Å². The molecule has 0 spiro atoms. The zero-order valence-corrected chi connectivity index (χ0v) is 13.6. The Hall–Kier alpha value is -2.04. The normalized spacial score (nSPS) is 17.0. The van der Waals surface area contributed by atoms with Crippen LogP contribution in [-0.2, 0) is 0 Å². The van der Waals surface area contributed by atoms with Gasteiger partial charge < -0.3 is 14.7 Å². The number of hydrogen-bond acceptors (Lipinski definition) is 4. The van der Waals surface area contributed by atoms with E-state index in [9.17, 15) is 5.11 Å². The van der Waals surface area contributed by atoms with Gasteiger partial charge in [0.15, 0.2) is 0 Å². The fourth-order valence-electron chi connectivity index (χ4n) is 3.02. The van der Waals surface area contributed by atoms with Gasteiger partial charge in [-0.2, -0.15) is 0 Å². The molecule has 1 heterocycles. The molecule has 2 aromatic carbocycles. The third-order valence-electron chi connectivity index (χ3n) is 4.41. The molecule has 1 N–H and O–H groups in total. The summed E-state index contributed by atoms with van der Waals surface area (Å²) < 4.78 is 5.30. The summed E-state index contributed by atoms with van der Waals surface area (Å²) in [5.74, 6) is 0.893. The summed E-state index contributed by atoms with van der Waals surface area (Å²) in [7, 11) is 1.70. The summed E-state index contributed by atoms with van der Waals surface area (Å²) in [6.45, 7) is 4.54. The summed E-state index contributed by atoms with van der Waals surface area (Å²) in [5.41, 5.74) is 2.19. The lowest BCUT2D eigenvalue weighted by Gasteiger charge is -2.37. The molecule has 0 aromatic heterocycles. The molecule has 23 heavy (non-hydrogen) atoms. The van der Waals surface area contributed by atoms with Crippen molar-refractivity contribution in [1.82, 2.24) is 4.90 Å². The maximum atomic E-state index is 10.4. The number of β-amino-alcohol motifs (C(OH)–C–C–N with tert-alkyl or cyclic N) is 1. The SMILES string of the molecule is COc1cccc(N2CCN(CC(O)c3ccccc3)CC2)c1. The van der Waals surface area contributed by atoms with Crippen molar-refractivity contribution in [1.29, 1.82) is 0 Å². The highest BCUT2D eigenvalue weighted by Crippen LogP contribution is 2.22. The molecule has 1 saturated heterocycles. The molecule has 1 unspecified atom stereocenters. The average Bonchev–Trinajstić information content (AvgIpc) is 2.63. The lowest BCUT2D eigenvalue weighted by molar-refractivity contribution is 0.109. The van der Waals surface area contributed by atoms with Crippen LogP contribution in [0.15, 0.2) is 54.6 Å². The van der Waals surface area contributed by atoms with Crippen molar-refractivity contribution < 1.29 is 9.84 Å². The van der Waals surface area contributed by atoms with Gasteiger partial charge in [0.05, 0.1) is 13.2 Å². The monoisotopic (exact) mass is 312 g/mol. The van der Waals surface area contributed by atoms with Crippen LogP contribution in [-0.4, -0.2) is 49.8 Å². The second-order valence-electron chi connectivity index (χ2n) is 5.92. The zero-order valence-electron chi connectivity index (χ0n) is 13.6. The summed E-state index contributed by atoms with van der Waals surface area (Å²) in [6, 6.07) is 18.1. The maximum absolute atomic E-state index is 10.4. The Bertz CT molecular complexity index is 610. The van der Waals surface area contributed by atoms with Gasteiger partial charge in [-0.05, 0) is 17.7 Å². The van der Waals surface area contributed by atoms with Gasteiger partial charge in [0.25, 0.3) is 0 Å². The number of anilines is 1. The van der Waals surface area contributed by atoms with Gasteiger partial charge in [-0.25, -0.2) is 0 Å². The predicted octanol–water partition coefficient (Wildman–Crippen LogP) is 2.55. The van der Waals surface area contributed by atoms with E-state index in [4.69, 9.17) is 4.74 Å². The highest BCUT2D eigenvalue weighted by atomic mass is 16.5. The third kappa shape index (κ3) is 4.03. The van der Waals surface area contributed by atoms with Crippen molar-refractivity contribution in [3.63, 3.8) is 0 Å². The fourth-order valence-corrected chi connectivity index (χ4v) is 3.02. The second-order valence-corrected chi connectivity index (χ2v) is 5.92. The maximum Gasteiger partial charge on any atom is 0.120 e. The minimum Gasteiger partial charge on any atom is -0.497 e. The van der Waals surface area contributed by atoms with Crippen molar-refractivity contribution in [2.24, 2.45) is 0 Å². The Morgan fingerprint density at radius 2 is 1.74 bits per heavy atom. The molecule has 122 valence electrons. The standard InChI is InChI=1S/C19H24N2O2/c1-23-18-9-5-8-17(14-18)21-12-10-20(11-13-21)15-19(22)16-6-3-2-4-7-16/h2-9,14,19,22H,10-13,15H2,1H3. The van der Waals surface area contributed by atoms with E-state index < -0.39 is 6.10 Å². The highest BCUT2D eigenvalue weighted by molar-refractivity contribution is 5.51. The van der Waals surface area contributed by atoms with Gasteiger partial charge in [0.1, 0.15) is 5.75 Å². The molecular formula is C19H24N2O2. The number of aliphatic hydroxyl groups is 1. The predicted molar refractivity (Wildman–Crippen MR) is 93.0 cm³/mol. The van der Waals surface area contributed by atoms with Crippen LogP contribution >= 0.6 is 0 Å². The Morgan fingerprint density at radius 3 is 2.43 bits per heavy atom. The van der Waals surface area contributed by atoms with Crippen molar-refractivity contribution in [3.05, 3.63) is 60.2 Å². The van der Waals surface area contributed by atoms with E-state index in [2.05, 4.69) is 21.9 Å². The first-order valence-electron chi connectivity index (χ1n) is 8.10. The second kappa shape index (κ2) is 7.49. The molecule has 0 saturated carbocycles. The molecule has 3 rings (SSSR count). The number of piperazine rings is 1. The van der Waals surface area contributed by atoms with Gasteiger partial charge in [-0.15, -0.1) is 0 Å². The van der Waals surface area contributed by atoms with Crippen molar-refractivity contribution in [2.45, 2.75) is 6.10 Å². The number of methoxy groups -OCH3 is 1. The summed E-state index contributed by atoms with van der Waals surface area (Å²) in [4.78, 5) is 4.70. The summed E-state index contributed by atoms with van der Waals surface area (Å²) in [5, 5.41) is 10.4. The highest BCUT2D eigenvalue weighted by Gasteiger charge is 2.20. The van der Waals surface area contributed by atoms with Crippen LogP contribution in [0.2, 0.25) is 0 Å². The molecule has 0 amide bonds. The zero-order chi connectivity index (χ0) is 16.1. The minimum atomic E-state index is -0.417. The van der Waals surface area contributed by atoms with E-state index in [1.807, 2.05) is 42.5 Å². The summed E-state index contributed by atoms with van der Waals surface area (Å²) >= 11 is 0. The first-order valence-corrected chi connectivity index (χ1v) is 8.10. The topological polar surface area (TPSA) is 35.9 Å². The van der Waals surface area contributed by atoms with Crippen molar-refractivity contribution in [3.8, 4) is 5.75 Å². The van der Waals surface area contributed by atoms with Crippen LogP contribution in [0.5, 0.6) is 5.75 Å². The molecule has 2 aromatic rings. The molecule has 1 aliphatic rings. The quantitative estimate of drug-likeness (QED) is 0.920. The van der Waals surface area contributed by atoms with E-state index in [0.29, 0.717) is 6.54 Å². The van der Waals surface area contributed by atoms with Crippen LogP contribution in [0.3, 0.4) is 0 Å². The van der Waals surface area contributed by atoms with Gasteiger partial charge in [0, 0.05) is 44.5 Å². The average molecular weight is 312 g/mol. The fraction of sp³-hybridized carbons (Fsp3) is 0.368. The number of ether oxygens (including phenoxy) is 1. The number of nitrogens with zero attached hydrogens (tertiary/aromatic N) is 2. The van der Waals surface area contributed by atoms with Gasteiger partial charge in [-0.3, -0.25) is 4.90 Å². The van der Waals surface area contributed by atoms with E-state index in [1.165, 1.54) is 5.69 Å². The van der Waals surface area contributed by atoms with E-state index >= 15 is 0 Å². The van der Waals surface area contributed by atoms with Gasteiger partial charge in [0.2, 0.25) is 0 Å². The lowest BCUT2D eigenvalue weighted by Crippen LogP contribution is -2.47. The number of rotatable bonds is 5. The molecule has 0 aliphatic carbocycles. The van der Waals surface area contributed by atoms with E-state index in [0.717, 1.165) is 37.5 Å². The summed E-state index contributed by atoms with van der Waals surface area (Å²) in [6.07, 6.45) is -0.417. The van der Waals surface area contributed by atoms with E-state index in [1.54, 1.807) is 7.11 Å².